The van der Waals surface area contributed by atoms with Gasteiger partial charge in [-0.2, -0.15) is 17.5 Å². The van der Waals surface area contributed by atoms with Gasteiger partial charge in [-0.05, 0) is 57.2 Å². The minimum absolute atomic E-state index is 0.158. The van der Waals surface area contributed by atoms with Crippen molar-refractivity contribution in [1.82, 2.24) is 9.21 Å². The Morgan fingerprint density at radius 3 is 2.26 bits per heavy atom. The summed E-state index contributed by atoms with van der Waals surface area (Å²) in [4.78, 5) is 13.6. The number of hydrogen-bond donors (Lipinski definition) is 1. The molecule has 2 rings (SSSR count). The summed E-state index contributed by atoms with van der Waals surface area (Å²) in [5, 5.41) is 10.1. The number of aliphatic hydroxyl groups is 1. The summed E-state index contributed by atoms with van der Waals surface area (Å²) in [6.45, 7) is 7.72. The smallest absolute Gasteiger partial charge is 0.383 e. The topological polar surface area (TPSA) is 77.9 Å². The van der Waals surface area contributed by atoms with Gasteiger partial charge in [-0.25, -0.2) is 8.42 Å². The second-order valence-corrected chi connectivity index (χ2v) is 10.5. The van der Waals surface area contributed by atoms with Gasteiger partial charge in [0.2, 0.25) is 10.0 Å². The Bertz CT molecular complexity index is 864. The van der Waals surface area contributed by atoms with Crippen molar-refractivity contribution < 1.29 is 31.5 Å². The highest BCUT2D eigenvalue weighted by molar-refractivity contribution is 7.89. The van der Waals surface area contributed by atoms with Gasteiger partial charge in [-0.3, -0.25) is 4.79 Å². The predicted octanol–water partition coefficient (Wildman–Crippen LogP) is 3.50. The van der Waals surface area contributed by atoms with Gasteiger partial charge in [-0.15, -0.1) is 0 Å². The predicted molar refractivity (Wildman–Crippen MR) is 111 cm³/mol. The third-order valence-electron chi connectivity index (χ3n) is 5.36. The molecular formula is C21H31F3N2O4S. The van der Waals surface area contributed by atoms with E-state index in [0.717, 1.165) is 12.1 Å². The van der Waals surface area contributed by atoms with Gasteiger partial charge in [0.1, 0.15) is 6.10 Å². The molecule has 31 heavy (non-hydrogen) atoms. The third kappa shape index (κ3) is 6.20. The van der Waals surface area contributed by atoms with Gasteiger partial charge in [0.25, 0.3) is 5.91 Å². The normalized spacial score (nSPS) is 17.6. The van der Waals surface area contributed by atoms with Crippen LogP contribution < -0.4 is 0 Å². The van der Waals surface area contributed by atoms with Crippen LogP contribution in [0.1, 0.15) is 52.5 Å². The summed E-state index contributed by atoms with van der Waals surface area (Å²) in [5.74, 6) is -0.213. The molecule has 0 radical (unpaired) electrons. The molecule has 1 N–H and O–H groups in total. The molecule has 1 saturated heterocycles. The fourth-order valence-electron chi connectivity index (χ4n) is 3.95. The molecule has 1 fully saturated rings. The van der Waals surface area contributed by atoms with Gasteiger partial charge in [0, 0.05) is 25.2 Å². The van der Waals surface area contributed by atoms with Crippen molar-refractivity contribution in [3.8, 4) is 0 Å². The zero-order chi connectivity index (χ0) is 23.6. The van der Waals surface area contributed by atoms with Crippen LogP contribution >= 0.6 is 0 Å². The fourth-order valence-corrected chi connectivity index (χ4v) is 5.88. The second-order valence-electron chi connectivity index (χ2n) is 8.66. The summed E-state index contributed by atoms with van der Waals surface area (Å²) in [6.07, 6.45) is -4.70. The van der Waals surface area contributed by atoms with Crippen LogP contribution in [-0.4, -0.2) is 59.9 Å². The number of alkyl halides is 3. The average Bonchev–Trinajstić information content (AvgIpc) is 2.66. The number of rotatable bonds is 7. The van der Waals surface area contributed by atoms with E-state index < -0.39 is 44.8 Å². The fraction of sp³-hybridized carbons (Fsp3) is 0.667. The first kappa shape index (κ1) is 25.6. The minimum atomic E-state index is -4.64. The molecule has 1 aliphatic rings. The SMILES string of the molecule is CC(C)CC(O)C(=O)N1CCC(N(C(C)C)S(=O)(=O)c2cccc(C(F)(F)F)c2)CC1. The highest BCUT2D eigenvalue weighted by atomic mass is 32.2. The Labute approximate surface area is 182 Å². The molecular weight excluding hydrogens is 433 g/mol. The number of carbonyl (C=O) groups excluding carboxylic acids is 1. The standard InChI is InChI=1S/C21H31F3N2O4S/c1-14(2)12-19(27)20(28)25-10-8-17(9-11-25)26(15(3)4)31(29,30)18-7-5-6-16(13-18)21(22,23)24/h5-7,13-15,17,19,27H,8-12H2,1-4H3. The lowest BCUT2D eigenvalue weighted by molar-refractivity contribution is -0.142. The molecule has 176 valence electrons. The molecule has 10 heteroatoms. The maximum Gasteiger partial charge on any atom is 0.416 e. The summed E-state index contributed by atoms with van der Waals surface area (Å²) in [7, 11) is -4.17. The molecule has 1 amide bonds. The van der Waals surface area contributed by atoms with Crippen LogP contribution in [-0.2, 0) is 21.0 Å². The van der Waals surface area contributed by atoms with E-state index in [1.54, 1.807) is 13.8 Å². The molecule has 6 nitrogen and oxygen atoms in total. The quantitative estimate of drug-likeness (QED) is 0.670. The summed E-state index contributed by atoms with van der Waals surface area (Å²) >= 11 is 0. The third-order valence-corrected chi connectivity index (χ3v) is 7.49. The second kappa shape index (κ2) is 9.87. The Balaban J connectivity index is 2.20. The number of piperidine rings is 1. The highest BCUT2D eigenvalue weighted by Gasteiger charge is 2.38. The first-order chi connectivity index (χ1) is 14.2. The maximum absolute atomic E-state index is 13.2. The van der Waals surface area contributed by atoms with E-state index in [0.29, 0.717) is 25.3 Å². The number of likely N-dealkylation sites (tertiary alicyclic amines) is 1. The molecule has 0 spiro atoms. The molecule has 1 aromatic carbocycles. The van der Waals surface area contributed by atoms with Gasteiger partial charge in [-0.1, -0.05) is 19.9 Å². The summed E-state index contributed by atoms with van der Waals surface area (Å²) < 4.78 is 66.9. The van der Waals surface area contributed by atoms with E-state index in [1.807, 2.05) is 13.8 Å². The lowest BCUT2D eigenvalue weighted by atomic mass is 10.0. The molecule has 1 aliphatic heterocycles. The van der Waals surface area contributed by atoms with Gasteiger partial charge >= 0.3 is 6.18 Å². The molecule has 0 aliphatic carbocycles. The zero-order valence-corrected chi connectivity index (χ0v) is 19.1. The molecule has 1 atom stereocenters. The molecule has 1 unspecified atom stereocenters. The Morgan fingerprint density at radius 2 is 1.77 bits per heavy atom. The van der Waals surface area contributed by atoms with Gasteiger partial charge in [0.15, 0.2) is 0 Å². The first-order valence-electron chi connectivity index (χ1n) is 10.4. The average molecular weight is 465 g/mol. The number of sulfonamides is 1. The number of amides is 1. The van der Waals surface area contributed by atoms with Crippen molar-refractivity contribution in [2.24, 2.45) is 5.92 Å². The molecule has 0 bridgehead atoms. The highest BCUT2D eigenvalue weighted by Crippen LogP contribution is 2.33. The van der Waals surface area contributed by atoms with Crippen molar-refractivity contribution in [2.75, 3.05) is 13.1 Å². The van der Waals surface area contributed by atoms with E-state index in [4.69, 9.17) is 0 Å². The number of nitrogens with zero attached hydrogens (tertiary/aromatic N) is 2. The van der Waals surface area contributed by atoms with E-state index in [-0.39, 0.29) is 24.9 Å². The van der Waals surface area contributed by atoms with E-state index in [2.05, 4.69) is 0 Å². The molecule has 1 heterocycles. The number of hydrogen-bond acceptors (Lipinski definition) is 4. The monoisotopic (exact) mass is 464 g/mol. The van der Waals surface area contributed by atoms with Crippen LogP contribution in [0.5, 0.6) is 0 Å². The molecule has 0 aromatic heterocycles. The maximum atomic E-state index is 13.2. The summed E-state index contributed by atoms with van der Waals surface area (Å²) in [5.41, 5.74) is -1.02. The van der Waals surface area contributed by atoms with Crippen molar-refractivity contribution in [3.63, 3.8) is 0 Å². The zero-order valence-electron chi connectivity index (χ0n) is 18.3. The first-order valence-corrected chi connectivity index (χ1v) is 11.9. The lowest BCUT2D eigenvalue weighted by Crippen LogP contribution is -2.52. The van der Waals surface area contributed by atoms with Crippen molar-refractivity contribution in [2.45, 2.75) is 76.2 Å². The van der Waals surface area contributed by atoms with E-state index >= 15 is 0 Å². The van der Waals surface area contributed by atoms with E-state index in [1.165, 1.54) is 15.3 Å². The van der Waals surface area contributed by atoms with E-state index in [9.17, 15) is 31.5 Å². The summed E-state index contributed by atoms with van der Waals surface area (Å²) in [6, 6.07) is 2.83. The Morgan fingerprint density at radius 1 is 1.19 bits per heavy atom. The van der Waals surface area contributed by atoms with Crippen LogP contribution in [0, 0.1) is 5.92 Å². The van der Waals surface area contributed by atoms with Gasteiger partial charge < -0.3 is 10.0 Å². The van der Waals surface area contributed by atoms with Crippen LogP contribution in [0.2, 0.25) is 0 Å². The Hall–Kier alpha value is -1.65. The van der Waals surface area contributed by atoms with Crippen molar-refractivity contribution in [1.29, 1.82) is 0 Å². The molecule has 0 saturated carbocycles. The number of carbonyl (C=O) groups is 1. The lowest BCUT2D eigenvalue weighted by Gasteiger charge is -2.40. The number of halogens is 3. The van der Waals surface area contributed by atoms with Crippen molar-refractivity contribution in [3.05, 3.63) is 29.8 Å². The number of benzene rings is 1. The van der Waals surface area contributed by atoms with Crippen LogP contribution in [0.4, 0.5) is 13.2 Å². The van der Waals surface area contributed by atoms with Crippen LogP contribution in [0.15, 0.2) is 29.2 Å². The Kier molecular flexibility index (Phi) is 8.15. The van der Waals surface area contributed by atoms with Crippen molar-refractivity contribution >= 4 is 15.9 Å². The van der Waals surface area contributed by atoms with Gasteiger partial charge in [0.05, 0.1) is 10.5 Å². The molecule has 1 aromatic rings. The largest absolute Gasteiger partial charge is 0.416 e. The number of aliphatic hydroxyl groups excluding tert-OH is 1. The van der Waals surface area contributed by atoms with Crippen LogP contribution in [0.3, 0.4) is 0 Å². The van der Waals surface area contributed by atoms with Crippen LogP contribution in [0.25, 0.3) is 0 Å². The minimum Gasteiger partial charge on any atom is -0.383 e.